The first kappa shape index (κ1) is 18.4. The molecular formula is C19H30N4OS. The summed E-state index contributed by atoms with van der Waals surface area (Å²) in [5.41, 5.74) is 2.48. The third kappa shape index (κ3) is 4.43. The van der Waals surface area contributed by atoms with Gasteiger partial charge in [-0.1, -0.05) is 6.92 Å². The summed E-state index contributed by atoms with van der Waals surface area (Å²) in [5.74, 6) is 0.490. The summed E-state index contributed by atoms with van der Waals surface area (Å²) in [5, 5.41) is 12.3. The SMILES string of the molecule is CCC(CC(C)N1CCOCC1)C1=NN(C)N(c2cc(C)cs2)C=C1. The van der Waals surface area contributed by atoms with Crippen molar-refractivity contribution in [2.75, 3.05) is 38.4 Å². The molecule has 3 rings (SSSR count). The van der Waals surface area contributed by atoms with E-state index in [9.17, 15) is 0 Å². The standard InChI is InChI=1S/C19H30N4OS/c1-5-17(13-16(3)22-8-10-24-11-9-22)18-6-7-23(21(4)20-18)19-12-15(2)14-25-19/h6-7,12,14,16-17H,5,8-11,13H2,1-4H3. The number of hydrogen-bond donors (Lipinski definition) is 0. The Morgan fingerprint density at radius 2 is 2.08 bits per heavy atom. The van der Waals surface area contributed by atoms with Crippen LogP contribution in [0.3, 0.4) is 0 Å². The highest BCUT2D eigenvalue weighted by atomic mass is 32.1. The molecule has 0 spiro atoms. The molecule has 2 aliphatic heterocycles. The van der Waals surface area contributed by atoms with E-state index < -0.39 is 0 Å². The van der Waals surface area contributed by atoms with E-state index >= 15 is 0 Å². The second-order valence-electron chi connectivity index (χ2n) is 6.98. The molecule has 1 aromatic heterocycles. The number of hydrogen-bond acceptors (Lipinski definition) is 6. The lowest BCUT2D eigenvalue weighted by molar-refractivity contribution is 0.0169. The molecule has 25 heavy (non-hydrogen) atoms. The molecule has 6 heteroatoms. The molecule has 2 aliphatic rings. The average Bonchev–Trinajstić information content (AvgIpc) is 3.06. The number of hydrazone groups is 1. The number of aryl methyl sites for hydroxylation is 1. The van der Waals surface area contributed by atoms with Crippen molar-refractivity contribution >= 4 is 22.0 Å². The summed E-state index contributed by atoms with van der Waals surface area (Å²) in [4.78, 5) is 2.55. The Morgan fingerprint density at radius 3 is 2.68 bits per heavy atom. The maximum absolute atomic E-state index is 5.48. The van der Waals surface area contributed by atoms with E-state index in [1.165, 1.54) is 16.3 Å². The van der Waals surface area contributed by atoms with E-state index in [2.05, 4.69) is 54.4 Å². The van der Waals surface area contributed by atoms with Gasteiger partial charge in [-0.25, -0.2) is 10.1 Å². The van der Waals surface area contributed by atoms with Crippen LogP contribution in [-0.4, -0.2) is 55.1 Å². The second kappa shape index (κ2) is 8.34. The number of morpholine rings is 1. The van der Waals surface area contributed by atoms with E-state index in [0.717, 1.165) is 39.1 Å². The molecule has 1 aromatic rings. The highest BCUT2D eigenvalue weighted by molar-refractivity contribution is 7.14. The molecule has 1 fully saturated rings. The maximum atomic E-state index is 5.48. The van der Waals surface area contributed by atoms with Crippen LogP contribution in [0.1, 0.15) is 32.3 Å². The lowest BCUT2D eigenvalue weighted by Crippen LogP contribution is -2.43. The zero-order chi connectivity index (χ0) is 17.8. The number of thiophene rings is 1. The summed E-state index contributed by atoms with van der Waals surface area (Å²) >= 11 is 1.75. The number of nitrogens with zero attached hydrogens (tertiary/aromatic N) is 4. The van der Waals surface area contributed by atoms with Crippen LogP contribution in [-0.2, 0) is 4.74 Å². The Morgan fingerprint density at radius 1 is 1.32 bits per heavy atom. The Hall–Kier alpha value is -1.37. The van der Waals surface area contributed by atoms with Crippen molar-refractivity contribution in [3.8, 4) is 0 Å². The smallest absolute Gasteiger partial charge is 0.117 e. The fourth-order valence-corrected chi connectivity index (χ4v) is 4.45. The van der Waals surface area contributed by atoms with Crippen LogP contribution in [0.15, 0.2) is 28.8 Å². The normalized spacial score (nSPS) is 21.4. The summed E-state index contributed by atoms with van der Waals surface area (Å²) in [6.45, 7) is 10.5. The summed E-state index contributed by atoms with van der Waals surface area (Å²) in [6.07, 6.45) is 6.60. The monoisotopic (exact) mass is 362 g/mol. The Kier molecular flexibility index (Phi) is 6.15. The van der Waals surface area contributed by atoms with Crippen LogP contribution in [0.4, 0.5) is 5.00 Å². The number of anilines is 1. The van der Waals surface area contributed by atoms with Crippen molar-refractivity contribution in [3.63, 3.8) is 0 Å². The number of hydrazine groups is 1. The fourth-order valence-electron chi connectivity index (χ4n) is 3.54. The van der Waals surface area contributed by atoms with Crippen LogP contribution in [0.25, 0.3) is 0 Å². The van der Waals surface area contributed by atoms with E-state index in [-0.39, 0.29) is 0 Å². The summed E-state index contributed by atoms with van der Waals surface area (Å²) < 4.78 is 5.48. The van der Waals surface area contributed by atoms with Gasteiger partial charge in [0.1, 0.15) is 5.00 Å². The van der Waals surface area contributed by atoms with Crippen molar-refractivity contribution in [3.05, 3.63) is 29.3 Å². The number of ether oxygens (including phenoxy) is 1. The van der Waals surface area contributed by atoms with Gasteiger partial charge in [0, 0.05) is 38.3 Å². The minimum absolute atomic E-state index is 0.490. The van der Waals surface area contributed by atoms with Crippen molar-refractivity contribution in [2.45, 2.75) is 39.7 Å². The Bertz CT molecular complexity index is 621. The number of rotatable bonds is 6. The predicted molar refractivity (Wildman–Crippen MR) is 106 cm³/mol. The minimum Gasteiger partial charge on any atom is -0.379 e. The minimum atomic E-state index is 0.490. The molecule has 2 atom stereocenters. The van der Waals surface area contributed by atoms with Gasteiger partial charge >= 0.3 is 0 Å². The zero-order valence-electron chi connectivity index (χ0n) is 15.8. The summed E-state index contributed by atoms with van der Waals surface area (Å²) in [7, 11) is 2.02. The van der Waals surface area contributed by atoms with Crippen molar-refractivity contribution in [2.24, 2.45) is 11.0 Å². The van der Waals surface area contributed by atoms with Gasteiger partial charge in [0.15, 0.2) is 0 Å². The fraction of sp³-hybridized carbons (Fsp3) is 0.632. The first-order valence-corrected chi connectivity index (χ1v) is 10.1. The van der Waals surface area contributed by atoms with Crippen LogP contribution >= 0.6 is 11.3 Å². The van der Waals surface area contributed by atoms with Gasteiger partial charge in [-0.05, 0) is 49.8 Å². The molecule has 0 radical (unpaired) electrons. The third-order valence-electron chi connectivity index (χ3n) is 5.11. The Labute approximate surface area is 155 Å². The van der Waals surface area contributed by atoms with Crippen molar-refractivity contribution in [1.82, 2.24) is 10.0 Å². The molecule has 0 aromatic carbocycles. The lowest BCUT2D eigenvalue weighted by Gasteiger charge is -2.35. The van der Waals surface area contributed by atoms with E-state index in [4.69, 9.17) is 9.84 Å². The highest BCUT2D eigenvalue weighted by Gasteiger charge is 2.24. The van der Waals surface area contributed by atoms with Gasteiger partial charge in [-0.2, -0.15) is 5.10 Å². The van der Waals surface area contributed by atoms with Gasteiger partial charge in [0.25, 0.3) is 0 Å². The first-order chi connectivity index (χ1) is 12.1. The van der Waals surface area contributed by atoms with Gasteiger partial charge in [-0.3, -0.25) is 4.90 Å². The molecule has 1 saturated heterocycles. The maximum Gasteiger partial charge on any atom is 0.117 e. The Balaban J connectivity index is 1.64. The molecule has 0 N–H and O–H groups in total. The number of allylic oxidation sites excluding steroid dienone is 1. The molecule has 0 saturated carbocycles. The van der Waals surface area contributed by atoms with Gasteiger partial charge < -0.3 is 4.74 Å². The largest absolute Gasteiger partial charge is 0.379 e. The highest BCUT2D eigenvalue weighted by Crippen LogP contribution is 2.28. The molecule has 2 unspecified atom stereocenters. The van der Waals surface area contributed by atoms with Crippen molar-refractivity contribution in [1.29, 1.82) is 0 Å². The van der Waals surface area contributed by atoms with E-state index in [0.29, 0.717) is 12.0 Å². The van der Waals surface area contributed by atoms with Crippen LogP contribution in [0, 0.1) is 12.8 Å². The quantitative estimate of drug-likeness (QED) is 0.772. The topological polar surface area (TPSA) is 31.3 Å². The molecule has 0 aliphatic carbocycles. The van der Waals surface area contributed by atoms with Crippen molar-refractivity contribution < 1.29 is 4.74 Å². The molecule has 3 heterocycles. The first-order valence-electron chi connectivity index (χ1n) is 9.25. The average molecular weight is 363 g/mol. The van der Waals surface area contributed by atoms with Crippen LogP contribution in [0.5, 0.6) is 0 Å². The van der Waals surface area contributed by atoms with Gasteiger partial charge in [-0.15, -0.1) is 11.3 Å². The van der Waals surface area contributed by atoms with E-state index in [1.807, 2.05) is 12.2 Å². The molecule has 138 valence electrons. The third-order valence-corrected chi connectivity index (χ3v) is 6.14. The molecule has 0 amide bonds. The lowest BCUT2D eigenvalue weighted by atomic mass is 9.92. The van der Waals surface area contributed by atoms with Crippen LogP contribution < -0.4 is 5.01 Å². The zero-order valence-corrected chi connectivity index (χ0v) is 16.6. The van der Waals surface area contributed by atoms with Gasteiger partial charge in [0.05, 0.1) is 18.9 Å². The predicted octanol–water partition coefficient (Wildman–Crippen LogP) is 3.73. The second-order valence-corrected chi connectivity index (χ2v) is 7.86. The van der Waals surface area contributed by atoms with E-state index in [1.54, 1.807) is 11.3 Å². The van der Waals surface area contributed by atoms with Gasteiger partial charge in [0.2, 0.25) is 0 Å². The molecule has 0 bridgehead atoms. The molecular weight excluding hydrogens is 332 g/mol. The molecule has 5 nitrogen and oxygen atoms in total. The van der Waals surface area contributed by atoms with Crippen LogP contribution in [0.2, 0.25) is 0 Å². The summed E-state index contributed by atoms with van der Waals surface area (Å²) in [6, 6.07) is 2.76.